The van der Waals surface area contributed by atoms with E-state index >= 15 is 0 Å². The van der Waals surface area contributed by atoms with E-state index < -0.39 is 13.9 Å². The normalized spacial score (nSPS) is 12.1. The number of nitrogens with zero attached hydrogens (tertiary/aromatic N) is 2. The first-order chi connectivity index (χ1) is 19.9. The van der Waals surface area contributed by atoms with Crippen molar-refractivity contribution in [2.45, 2.75) is 71.8 Å². The average molecular weight is 586 g/mol. The minimum absolute atomic E-state index is 0.0194. The molecule has 8 heteroatoms. The molecule has 0 saturated heterocycles. The predicted molar refractivity (Wildman–Crippen MR) is 172 cm³/mol. The van der Waals surface area contributed by atoms with Crippen molar-refractivity contribution in [3.8, 4) is 5.75 Å². The summed E-state index contributed by atoms with van der Waals surface area (Å²) in [5.74, 6) is -0.00774. The summed E-state index contributed by atoms with van der Waals surface area (Å²) in [6.45, 7) is 15.8. The lowest BCUT2D eigenvalue weighted by Gasteiger charge is -2.37. The van der Waals surface area contributed by atoms with E-state index in [1.807, 2.05) is 68.4 Å². The highest BCUT2D eigenvalue weighted by Crippen LogP contribution is 2.36. The molecule has 1 amide bonds. The first-order valence-corrected chi connectivity index (χ1v) is 17.5. The standard InChI is InChI=1S/C34H43N3O4Si/c1-24(2)37(20-21-41-42(6,7)34(3,4)5)33(39)30-31(40-23-25-14-9-8-10-15-25)32(38)36-29(35-30)22-27-18-13-17-26-16-11-12-19-28(26)27/h8-19,24H,20-23H2,1-7H3,(H,35,36,38). The number of carbonyl (C=O) groups excluding carboxylic acids is 1. The van der Waals surface area contributed by atoms with Crippen molar-refractivity contribution in [1.29, 1.82) is 0 Å². The Kier molecular flexibility index (Phi) is 9.69. The lowest BCUT2D eigenvalue weighted by molar-refractivity contribution is 0.0657. The number of H-pyrrole nitrogens is 1. The summed E-state index contributed by atoms with van der Waals surface area (Å²) < 4.78 is 12.4. The SMILES string of the molecule is CC(C)N(CCO[Si](C)(C)C(C)(C)C)C(=O)c1nc(Cc2cccc3ccccc23)[nH]c(=O)c1OCc1ccccc1. The zero-order valence-electron chi connectivity index (χ0n) is 25.9. The maximum Gasteiger partial charge on any atom is 0.294 e. The van der Waals surface area contributed by atoms with Gasteiger partial charge in [0.05, 0.1) is 6.61 Å². The van der Waals surface area contributed by atoms with Crippen molar-refractivity contribution in [1.82, 2.24) is 14.9 Å². The van der Waals surface area contributed by atoms with Crippen LogP contribution in [0.4, 0.5) is 0 Å². The molecule has 222 valence electrons. The number of hydrogen-bond acceptors (Lipinski definition) is 5. The quantitative estimate of drug-likeness (QED) is 0.192. The molecule has 4 rings (SSSR count). The Morgan fingerprint density at radius 1 is 0.976 bits per heavy atom. The van der Waals surface area contributed by atoms with E-state index in [0.717, 1.165) is 21.9 Å². The number of aromatic amines is 1. The monoisotopic (exact) mass is 585 g/mol. The van der Waals surface area contributed by atoms with Gasteiger partial charge in [-0.1, -0.05) is 93.6 Å². The molecule has 0 aliphatic heterocycles. The third-order valence-electron chi connectivity index (χ3n) is 8.08. The van der Waals surface area contributed by atoms with Gasteiger partial charge in [0.15, 0.2) is 14.0 Å². The number of hydrogen-bond donors (Lipinski definition) is 1. The van der Waals surface area contributed by atoms with Crippen LogP contribution in [0.3, 0.4) is 0 Å². The molecule has 3 aromatic carbocycles. The molecule has 0 radical (unpaired) electrons. The number of fused-ring (bicyclic) bond motifs is 1. The van der Waals surface area contributed by atoms with Gasteiger partial charge in [-0.25, -0.2) is 4.98 Å². The van der Waals surface area contributed by atoms with E-state index in [1.54, 1.807) is 4.90 Å². The molecule has 4 aromatic rings. The zero-order valence-corrected chi connectivity index (χ0v) is 26.9. The van der Waals surface area contributed by atoms with E-state index in [-0.39, 0.29) is 35.0 Å². The van der Waals surface area contributed by atoms with Gasteiger partial charge in [-0.2, -0.15) is 0 Å². The van der Waals surface area contributed by atoms with Gasteiger partial charge >= 0.3 is 0 Å². The van der Waals surface area contributed by atoms with Crippen LogP contribution in [-0.2, 0) is 17.5 Å². The van der Waals surface area contributed by atoms with E-state index in [4.69, 9.17) is 14.1 Å². The van der Waals surface area contributed by atoms with Crippen LogP contribution in [0.25, 0.3) is 10.8 Å². The van der Waals surface area contributed by atoms with Crippen molar-refractivity contribution in [2.75, 3.05) is 13.2 Å². The summed E-state index contributed by atoms with van der Waals surface area (Å²) in [4.78, 5) is 36.9. The molecule has 42 heavy (non-hydrogen) atoms. The van der Waals surface area contributed by atoms with Crippen LogP contribution in [0.2, 0.25) is 18.1 Å². The van der Waals surface area contributed by atoms with Gasteiger partial charge in [0, 0.05) is 19.0 Å². The van der Waals surface area contributed by atoms with E-state index in [0.29, 0.717) is 25.4 Å². The summed E-state index contributed by atoms with van der Waals surface area (Å²) in [7, 11) is -2.00. The topological polar surface area (TPSA) is 84.5 Å². The lowest BCUT2D eigenvalue weighted by atomic mass is 10.0. The van der Waals surface area contributed by atoms with E-state index in [1.165, 1.54) is 0 Å². The van der Waals surface area contributed by atoms with Gasteiger partial charge in [-0.15, -0.1) is 0 Å². The van der Waals surface area contributed by atoms with Gasteiger partial charge in [0.2, 0.25) is 5.75 Å². The molecule has 1 N–H and O–H groups in total. The first-order valence-electron chi connectivity index (χ1n) is 14.6. The van der Waals surface area contributed by atoms with Crippen LogP contribution < -0.4 is 10.3 Å². The smallest absolute Gasteiger partial charge is 0.294 e. The summed E-state index contributed by atoms with van der Waals surface area (Å²) >= 11 is 0. The van der Waals surface area contributed by atoms with Gasteiger partial charge in [0.25, 0.3) is 11.5 Å². The molecule has 0 saturated carbocycles. The zero-order chi connectivity index (χ0) is 30.5. The average Bonchev–Trinajstić information content (AvgIpc) is 2.94. The van der Waals surface area contributed by atoms with Crippen LogP contribution in [-0.4, -0.2) is 48.3 Å². The number of amides is 1. The molecule has 0 aliphatic carbocycles. The molecular formula is C34H43N3O4Si. The van der Waals surface area contributed by atoms with Gasteiger partial charge in [0.1, 0.15) is 12.4 Å². The summed E-state index contributed by atoms with van der Waals surface area (Å²) in [6.07, 6.45) is 0.367. The van der Waals surface area contributed by atoms with Crippen molar-refractivity contribution in [2.24, 2.45) is 0 Å². The summed E-state index contributed by atoms with van der Waals surface area (Å²) in [5.41, 5.74) is 1.45. The Morgan fingerprint density at radius 2 is 1.64 bits per heavy atom. The molecule has 0 aliphatic rings. The van der Waals surface area contributed by atoms with Crippen LogP contribution in [0.1, 0.15) is 62.1 Å². The van der Waals surface area contributed by atoms with Gasteiger partial charge in [-0.05, 0) is 53.9 Å². The summed E-state index contributed by atoms with van der Waals surface area (Å²) in [6, 6.07) is 23.6. The molecule has 7 nitrogen and oxygen atoms in total. The molecular weight excluding hydrogens is 542 g/mol. The number of aromatic nitrogens is 2. The third kappa shape index (κ3) is 7.35. The Bertz CT molecular complexity index is 1570. The van der Waals surface area contributed by atoms with Gasteiger partial charge < -0.3 is 19.0 Å². The fraction of sp³-hybridized carbons (Fsp3) is 0.382. The minimum atomic E-state index is -2.00. The van der Waals surface area contributed by atoms with Crippen LogP contribution >= 0.6 is 0 Å². The second-order valence-electron chi connectivity index (χ2n) is 12.5. The Morgan fingerprint density at radius 3 is 2.33 bits per heavy atom. The minimum Gasteiger partial charge on any atom is -0.481 e. The largest absolute Gasteiger partial charge is 0.481 e. The maximum absolute atomic E-state index is 14.1. The van der Waals surface area contributed by atoms with Crippen LogP contribution in [0, 0.1) is 0 Å². The number of ether oxygens (including phenoxy) is 1. The lowest BCUT2D eigenvalue weighted by Crippen LogP contribution is -2.45. The van der Waals surface area contributed by atoms with Crippen molar-refractivity contribution in [3.63, 3.8) is 0 Å². The van der Waals surface area contributed by atoms with Crippen molar-refractivity contribution >= 4 is 25.0 Å². The molecule has 0 atom stereocenters. The highest BCUT2D eigenvalue weighted by atomic mass is 28.4. The van der Waals surface area contributed by atoms with Crippen molar-refractivity contribution in [3.05, 3.63) is 106 Å². The number of nitrogens with one attached hydrogen (secondary N) is 1. The van der Waals surface area contributed by atoms with E-state index in [9.17, 15) is 9.59 Å². The van der Waals surface area contributed by atoms with Gasteiger partial charge in [-0.3, -0.25) is 9.59 Å². The maximum atomic E-state index is 14.1. The van der Waals surface area contributed by atoms with Crippen molar-refractivity contribution < 1.29 is 14.0 Å². The molecule has 1 heterocycles. The molecule has 0 spiro atoms. The second-order valence-corrected chi connectivity index (χ2v) is 17.3. The molecule has 1 aromatic heterocycles. The van der Waals surface area contributed by atoms with Crippen LogP contribution in [0.15, 0.2) is 77.6 Å². The number of benzene rings is 3. The highest BCUT2D eigenvalue weighted by Gasteiger charge is 2.37. The Labute approximate surface area is 250 Å². The van der Waals surface area contributed by atoms with Crippen LogP contribution in [0.5, 0.6) is 5.75 Å². The number of carbonyl (C=O) groups is 1. The van der Waals surface area contributed by atoms with E-state index in [2.05, 4.69) is 57.0 Å². The number of rotatable bonds is 11. The predicted octanol–water partition coefficient (Wildman–Crippen LogP) is 6.97. The fourth-order valence-electron chi connectivity index (χ4n) is 4.57. The Balaban J connectivity index is 1.68. The Hall–Kier alpha value is -3.75. The molecule has 0 unspecified atom stereocenters. The second kappa shape index (κ2) is 13.0. The summed E-state index contributed by atoms with van der Waals surface area (Å²) in [5, 5.41) is 2.24. The fourth-order valence-corrected chi connectivity index (χ4v) is 5.61. The first kappa shape index (κ1) is 31.2. The molecule has 0 bridgehead atoms. The molecule has 0 fully saturated rings. The highest BCUT2D eigenvalue weighted by molar-refractivity contribution is 6.74. The third-order valence-corrected chi connectivity index (χ3v) is 12.6.